The van der Waals surface area contributed by atoms with Gasteiger partial charge in [-0.25, -0.2) is 9.97 Å². The summed E-state index contributed by atoms with van der Waals surface area (Å²) in [6.45, 7) is 0.166. The van der Waals surface area contributed by atoms with Crippen LogP contribution in [-0.2, 0) is 6.54 Å². The molecule has 0 radical (unpaired) electrons. The van der Waals surface area contributed by atoms with Crippen LogP contribution in [0.2, 0.25) is 5.02 Å². The van der Waals surface area contributed by atoms with Gasteiger partial charge in [0.25, 0.3) is 5.56 Å². The van der Waals surface area contributed by atoms with Gasteiger partial charge < -0.3 is 14.5 Å². The van der Waals surface area contributed by atoms with Gasteiger partial charge in [0.15, 0.2) is 11.0 Å². The molecule has 10 heteroatoms. The smallest absolute Gasteiger partial charge is 0.262 e. The molecule has 5 aromatic rings. The zero-order valence-electron chi connectivity index (χ0n) is 17.5. The highest BCUT2D eigenvalue weighted by Crippen LogP contribution is 2.25. The number of furan rings is 1. The van der Waals surface area contributed by atoms with Gasteiger partial charge in [-0.2, -0.15) is 5.26 Å². The third-order valence-corrected chi connectivity index (χ3v) is 6.36. The Hall–Kier alpha value is -4.00. The van der Waals surface area contributed by atoms with Crippen molar-refractivity contribution in [3.05, 3.63) is 93.6 Å². The summed E-state index contributed by atoms with van der Waals surface area (Å²) in [6, 6.07) is 17.7. The maximum absolute atomic E-state index is 13.2. The largest absolute Gasteiger partial charge is 0.510 e. The number of aliphatic hydroxyl groups excluding tert-OH is 1. The Morgan fingerprint density at radius 1 is 1.18 bits per heavy atom. The van der Waals surface area contributed by atoms with Crippen molar-refractivity contribution >= 4 is 50.9 Å². The van der Waals surface area contributed by atoms with Gasteiger partial charge >= 0.3 is 0 Å². The standard InChI is InChI=1S/C24H16ClN5O3S/c25-14-7-8-16-20(10-14)29-24(30(23(16)32)12-15-4-3-9-33-15)34-13-21(31)17(11-26)22-27-18-5-1-2-6-19(18)28-22/h1-10,31H,12-13H2,(H,27,28). The summed E-state index contributed by atoms with van der Waals surface area (Å²) in [7, 11) is 0. The number of imidazole rings is 1. The number of para-hydroxylation sites is 2. The lowest BCUT2D eigenvalue weighted by Crippen LogP contribution is -2.24. The van der Waals surface area contributed by atoms with E-state index in [0.29, 0.717) is 32.4 Å². The molecule has 0 spiro atoms. The number of hydrogen-bond acceptors (Lipinski definition) is 7. The molecule has 2 N–H and O–H groups in total. The Morgan fingerprint density at radius 2 is 2.03 bits per heavy atom. The number of aromatic amines is 1. The Bertz CT molecular complexity index is 1610. The Labute approximate surface area is 202 Å². The fourth-order valence-electron chi connectivity index (χ4n) is 3.51. The van der Waals surface area contributed by atoms with Crippen LogP contribution in [0.5, 0.6) is 0 Å². The molecule has 2 aromatic carbocycles. The van der Waals surface area contributed by atoms with Crippen molar-refractivity contribution in [3.63, 3.8) is 0 Å². The van der Waals surface area contributed by atoms with Crippen molar-refractivity contribution < 1.29 is 9.52 Å². The average molecular weight is 490 g/mol. The number of aliphatic hydroxyl groups is 1. The van der Waals surface area contributed by atoms with Gasteiger partial charge in [-0.15, -0.1) is 0 Å². The lowest BCUT2D eigenvalue weighted by molar-refractivity contribution is 0.420. The monoisotopic (exact) mass is 489 g/mol. The summed E-state index contributed by atoms with van der Waals surface area (Å²) < 4.78 is 6.89. The number of nitrogens with one attached hydrogen (secondary N) is 1. The minimum absolute atomic E-state index is 0.00337. The number of thioether (sulfide) groups is 1. The van der Waals surface area contributed by atoms with E-state index in [-0.39, 0.29) is 35.0 Å². The molecule has 8 nitrogen and oxygen atoms in total. The van der Waals surface area contributed by atoms with E-state index in [2.05, 4.69) is 15.0 Å². The van der Waals surface area contributed by atoms with Crippen LogP contribution < -0.4 is 5.56 Å². The summed E-state index contributed by atoms with van der Waals surface area (Å²) in [4.78, 5) is 25.3. The van der Waals surface area contributed by atoms with Crippen molar-refractivity contribution in [1.82, 2.24) is 19.5 Å². The summed E-state index contributed by atoms with van der Waals surface area (Å²) in [6.07, 6.45) is 1.53. The van der Waals surface area contributed by atoms with E-state index in [1.54, 1.807) is 30.3 Å². The zero-order valence-corrected chi connectivity index (χ0v) is 19.1. The first-order valence-corrected chi connectivity index (χ1v) is 11.5. The quantitative estimate of drug-likeness (QED) is 0.146. The molecule has 5 rings (SSSR count). The zero-order chi connectivity index (χ0) is 23.7. The lowest BCUT2D eigenvalue weighted by atomic mass is 10.2. The SMILES string of the molecule is N#CC(=C(O)CSc1nc2cc(Cl)ccc2c(=O)n1Cc1ccco1)c1nc2ccccc2[nH]1. The van der Waals surface area contributed by atoms with Crippen LogP contribution in [0.1, 0.15) is 11.6 Å². The van der Waals surface area contributed by atoms with Crippen molar-refractivity contribution in [2.24, 2.45) is 0 Å². The van der Waals surface area contributed by atoms with Crippen molar-refractivity contribution in [1.29, 1.82) is 5.26 Å². The molecule has 168 valence electrons. The average Bonchev–Trinajstić information content (AvgIpc) is 3.50. The number of nitriles is 1. The van der Waals surface area contributed by atoms with E-state index in [1.807, 2.05) is 30.3 Å². The molecule has 3 aromatic heterocycles. The van der Waals surface area contributed by atoms with Crippen LogP contribution in [0, 0.1) is 11.3 Å². The van der Waals surface area contributed by atoms with E-state index in [1.165, 1.54) is 10.8 Å². The third kappa shape index (κ3) is 4.17. The first-order valence-electron chi connectivity index (χ1n) is 10.2. The van der Waals surface area contributed by atoms with Crippen LogP contribution in [0.3, 0.4) is 0 Å². The molecule has 0 aliphatic carbocycles. The second kappa shape index (κ2) is 9.09. The number of benzene rings is 2. The predicted octanol–water partition coefficient (Wildman–Crippen LogP) is 5.15. The van der Waals surface area contributed by atoms with Gasteiger partial charge in [-0.1, -0.05) is 35.5 Å². The van der Waals surface area contributed by atoms with Gasteiger partial charge in [-0.3, -0.25) is 9.36 Å². The molecule has 34 heavy (non-hydrogen) atoms. The van der Waals surface area contributed by atoms with Crippen molar-refractivity contribution in [3.8, 4) is 6.07 Å². The topological polar surface area (TPSA) is 121 Å². The molecular weight excluding hydrogens is 474 g/mol. The summed E-state index contributed by atoms with van der Waals surface area (Å²) >= 11 is 7.23. The number of aromatic nitrogens is 4. The minimum Gasteiger partial charge on any atom is -0.510 e. The van der Waals surface area contributed by atoms with Gasteiger partial charge in [0.05, 0.1) is 40.5 Å². The molecule has 0 fully saturated rings. The fourth-order valence-corrected chi connectivity index (χ4v) is 4.55. The molecule has 0 saturated carbocycles. The molecule has 0 bridgehead atoms. The molecule has 0 amide bonds. The van der Waals surface area contributed by atoms with Crippen LogP contribution in [-0.4, -0.2) is 30.4 Å². The second-order valence-electron chi connectivity index (χ2n) is 7.35. The predicted molar refractivity (Wildman–Crippen MR) is 131 cm³/mol. The molecule has 0 aliphatic heterocycles. The molecule has 3 heterocycles. The van der Waals surface area contributed by atoms with Gasteiger partial charge in [0.1, 0.15) is 23.2 Å². The lowest BCUT2D eigenvalue weighted by Gasteiger charge is -2.12. The van der Waals surface area contributed by atoms with E-state index in [0.717, 1.165) is 17.3 Å². The van der Waals surface area contributed by atoms with Crippen molar-refractivity contribution in [2.75, 3.05) is 5.75 Å². The number of nitrogens with zero attached hydrogens (tertiary/aromatic N) is 4. The molecule has 0 unspecified atom stereocenters. The molecular formula is C24H16ClN5O3S. The number of halogens is 1. The Kier molecular flexibility index (Phi) is 5.84. The van der Waals surface area contributed by atoms with Crippen molar-refractivity contribution in [2.45, 2.75) is 11.7 Å². The fraction of sp³-hybridized carbons (Fsp3) is 0.0833. The highest BCUT2D eigenvalue weighted by Gasteiger charge is 2.17. The molecule has 0 atom stereocenters. The summed E-state index contributed by atoms with van der Waals surface area (Å²) in [5, 5.41) is 21.6. The maximum Gasteiger partial charge on any atom is 0.262 e. The number of rotatable bonds is 6. The van der Waals surface area contributed by atoms with Gasteiger partial charge in [0.2, 0.25) is 0 Å². The minimum atomic E-state index is -0.262. The van der Waals surface area contributed by atoms with Gasteiger partial charge in [-0.05, 0) is 42.5 Å². The molecule has 0 saturated heterocycles. The summed E-state index contributed by atoms with van der Waals surface area (Å²) in [5.41, 5.74) is 1.64. The first kappa shape index (κ1) is 21.8. The Balaban J connectivity index is 1.53. The highest BCUT2D eigenvalue weighted by atomic mass is 35.5. The van der Waals surface area contributed by atoms with Crippen LogP contribution in [0.25, 0.3) is 27.5 Å². The Morgan fingerprint density at radius 3 is 2.79 bits per heavy atom. The van der Waals surface area contributed by atoms with E-state index in [4.69, 9.17) is 16.0 Å². The first-order chi connectivity index (χ1) is 16.5. The van der Waals surface area contributed by atoms with E-state index >= 15 is 0 Å². The van der Waals surface area contributed by atoms with Crippen LogP contribution >= 0.6 is 23.4 Å². The van der Waals surface area contributed by atoms with Crippen LogP contribution in [0.15, 0.2) is 81.0 Å². The number of H-pyrrole nitrogens is 1. The number of hydrogen-bond donors (Lipinski definition) is 2. The summed E-state index contributed by atoms with van der Waals surface area (Å²) in [5.74, 6) is 0.666. The molecule has 0 aliphatic rings. The van der Waals surface area contributed by atoms with Crippen LogP contribution in [0.4, 0.5) is 0 Å². The second-order valence-corrected chi connectivity index (χ2v) is 8.73. The van der Waals surface area contributed by atoms with E-state index in [9.17, 15) is 15.2 Å². The number of fused-ring (bicyclic) bond motifs is 2. The van der Waals surface area contributed by atoms with E-state index < -0.39 is 0 Å². The highest BCUT2D eigenvalue weighted by molar-refractivity contribution is 7.99. The number of allylic oxidation sites excluding steroid dienone is 1. The third-order valence-electron chi connectivity index (χ3n) is 5.14. The maximum atomic E-state index is 13.2. The van der Waals surface area contributed by atoms with Gasteiger partial charge in [0, 0.05) is 5.02 Å². The normalized spacial score (nSPS) is 12.1.